The van der Waals surface area contributed by atoms with Crippen molar-refractivity contribution in [3.8, 4) is 0 Å². The van der Waals surface area contributed by atoms with Gasteiger partial charge in [0.2, 0.25) is 0 Å². The normalized spacial score (nSPS) is 11.2. The molecule has 0 aliphatic heterocycles. The average Bonchev–Trinajstić information content (AvgIpc) is 2.74. The number of hydrogen-bond acceptors (Lipinski definition) is 1. The van der Waals surface area contributed by atoms with Crippen molar-refractivity contribution in [3.63, 3.8) is 0 Å². The van der Waals surface area contributed by atoms with Crippen LogP contribution in [0.1, 0.15) is 27.0 Å². The molecule has 0 bridgehead atoms. The maximum absolute atomic E-state index is 13.6. The number of aryl methyl sites for hydroxylation is 2. The molecule has 0 saturated carbocycles. The fourth-order valence-electron chi connectivity index (χ4n) is 3.97. The van der Waals surface area contributed by atoms with Crippen molar-refractivity contribution < 1.29 is 4.79 Å². The Morgan fingerprint density at radius 2 is 1.04 bits per heavy atom. The number of carbonyl (C=O) groups is 1. The van der Waals surface area contributed by atoms with Crippen LogP contribution in [0.15, 0.2) is 72.8 Å². The number of carbonyl (C=O) groups excluding carboxylic acids is 1. The Kier molecular flexibility index (Phi) is 5.66. The van der Waals surface area contributed by atoms with Crippen LogP contribution < -0.4 is 0 Å². The highest BCUT2D eigenvalue weighted by Gasteiger charge is 2.19. The van der Waals surface area contributed by atoms with Gasteiger partial charge in [0.25, 0.3) is 0 Å². The SMILES string of the molecule is O=C(c1ccc2ccccc2c1CCCl)c1ccc2ccccc2c1CCCl. The monoisotopic (exact) mass is 406 g/mol. The van der Waals surface area contributed by atoms with E-state index in [-0.39, 0.29) is 5.78 Å². The summed E-state index contributed by atoms with van der Waals surface area (Å²) in [5.41, 5.74) is 3.49. The summed E-state index contributed by atoms with van der Waals surface area (Å²) < 4.78 is 0. The molecule has 0 atom stereocenters. The molecule has 140 valence electrons. The van der Waals surface area contributed by atoms with Crippen LogP contribution in [-0.2, 0) is 12.8 Å². The molecule has 0 spiro atoms. The number of hydrogen-bond donors (Lipinski definition) is 0. The summed E-state index contributed by atoms with van der Waals surface area (Å²) in [5, 5.41) is 4.43. The van der Waals surface area contributed by atoms with Crippen molar-refractivity contribution in [2.75, 3.05) is 11.8 Å². The lowest BCUT2D eigenvalue weighted by Crippen LogP contribution is -2.10. The molecule has 0 N–H and O–H groups in total. The summed E-state index contributed by atoms with van der Waals surface area (Å²) in [6.07, 6.45) is 1.31. The van der Waals surface area contributed by atoms with Crippen LogP contribution in [0.25, 0.3) is 21.5 Å². The summed E-state index contributed by atoms with van der Waals surface area (Å²) in [5.74, 6) is 0.984. The first-order chi connectivity index (χ1) is 13.7. The van der Waals surface area contributed by atoms with Crippen molar-refractivity contribution in [1.29, 1.82) is 0 Å². The topological polar surface area (TPSA) is 17.1 Å². The number of halogens is 2. The third kappa shape index (κ3) is 3.41. The van der Waals surface area contributed by atoms with E-state index in [0.29, 0.717) is 24.6 Å². The highest BCUT2D eigenvalue weighted by Crippen LogP contribution is 2.29. The fraction of sp³-hybridized carbons (Fsp3) is 0.160. The largest absolute Gasteiger partial charge is 0.289 e. The second-order valence-electron chi connectivity index (χ2n) is 6.83. The summed E-state index contributed by atoms with van der Waals surface area (Å²) in [6.45, 7) is 0. The first kappa shape index (κ1) is 19.0. The summed E-state index contributed by atoms with van der Waals surface area (Å²) in [7, 11) is 0. The molecule has 0 radical (unpaired) electrons. The predicted octanol–water partition coefficient (Wildman–Crippen LogP) is 6.79. The molecular weight excluding hydrogens is 387 g/mol. The van der Waals surface area contributed by atoms with E-state index in [1.54, 1.807) is 0 Å². The molecule has 4 aromatic rings. The zero-order valence-corrected chi connectivity index (χ0v) is 16.9. The van der Waals surface area contributed by atoms with E-state index in [4.69, 9.17) is 23.2 Å². The number of alkyl halides is 2. The van der Waals surface area contributed by atoms with E-state index in [1.807, 2.05) is 48.5 Å². The van der Waals surface area contributed by atoms with Gasteiger partial charge in [-0.05, 0) is 45.5 Å². The van der Waals surface area contributed by atoms with Crippen molar-refractivity contribution in [3.05, 3.63) is 95.1 Å². The van der Waals surface area contributed by atoms with Crippen LogP contribution in [-0.4, -0.2) is 17.5 Å². The lowest BCUT2D eigenvalue weighted by molar-refractivity contribution is 0.103. The number of benzene rings is 4. The minimum atomic E-state index is 0.0386. The Morgan fingerprint density at radius 3 is 1.46 bits per heavy atom. The molecule has 0 saturated heterocycles. The lowest BCUT2D eigenvalue weighted by Gasteiger charge is -2.15. The van der Waals surface area contributed by atoms with Crippen LogP contribution in [0.4, 0.5) is 0 Å². The highest BCUT2D eigenvalue weighted by atomic mass is 35.5. The van der Waals surface area contributed by atoms with Gasteiger partial charge in [0.1, 0.15) is 0 Å². The molecule has 0 aliphatic carbocycles. The molecule has 4 aromatic carbocycles. The van der Waals surface area contributed by atoms with Gasteiger partial charge in [-0.2, -0.15) is 0 Å². The average molecular weight is 407 g/mol. The highest BCUT2D eigenvalue weighted by molar-refractivity contribution is 6.19. The van der Waals surface area contributed by atoms with Crippen molar-refractivity contribution in [2.45, 2.75) is 12.8 Å². The molecule has 4 rings (SSSR count). The maximum Gasteiger partial charge on any atom is 0.193 e. The second-order valence-corrected chi connectivity index (χ2v) is 7.59. The molecular formula is C25H20Cl2O. The van der Waals surface area contributed by atoms with E-state index in [9.17, 15) is 4.79 Å². The lowest BCUT2D eigenvalue weighted by atomic mass is 9.88. The van der Waals surface area contributed by atoms with Gasteiger partial charge in [0.15, 0.2) is 5.78 Å². The van der Waals surface area contributed by atoms with Crippen LogP contribution in [0.3, 0.4) is 0 Å². The minimum Gasteiger partial charge on any atom is -0.289 e. The van der Waals surface area contributed by atoms with Crippen LogP contribution in [0.5, 0.6) is 0 Å². The molecule has 1 nitrogen and oxygen atoms in total. The van der Waals surface area contributed by atoms with Crippen LogP contribution in [0, 0.1) is 0 Å². The molecule has 0 heterocycles. The number of ketones is 1. The van der Waals surface area contributed by atoms with Gasteiger partial charge in [-0.25, -0.2) is 0 Å². The fourth-order valence-corrected chi connectivity index (χ4v) is 4.35. The van der Waals surface area contributed by atoms with Gasteiger partial charge in [-0.3, -0.25) is 4.79 Å². The molecule has 3 heteroatoms. The van der Waals surface area contributed by atoms with Gasteiger partial charge in [-0.1, -0.05) is 72.8 Å². The Bertz CT molecular complexity index is 1070. The van der Waals surface area contributed by atoms with Gasteiger partial charge in [-0.15, -0.1) is 23.2 Å². The third-order valence-electron chi connectivity index (χ3n) is 5.26. The van der Waals surface area contributed by atoms with Gasteiger partial charge >= 0.3 is 0 Å². The molecule has 0 fully saturated rings. The molecule has 0 unspecified atom stereocenters. The summed E-state index contributed by atoms with van der Waals surface area (Å²) in [4.78, 5) is 13.6. The quantitative estimate of drug-likeness (QED) is 0.254. The van der Waals surface area contributed by atoms with Crippen molar-refractivity contribution in [1.82, 2.24) is 0 Å². The summed E-state index contributed by atoms with van der Waals surface area (Å²) in [6, 6.07) is 24.2. The molecule has 0 aromatic heterocycles. The van der Waals surface area contributed by atoms with Gasteiger partial charge in [0, 0.05) is 22.9 Å². The molecule has 28 heavy (non-hydrogen) atoms. The van der Waals surface area contributed by atoms with Crippen LogP contribution >= 0.6 is 23.2 Å². The van der Waals surface area contributed by atoms with Gasteiger partial charge < -0.3 is 0 Å². The standard InChI is InChI=1S/C25H20Cl2O/c26-15-13-21-19-7-3-1-5-17(19)9-11-23(21)25(28)24-12-10-18-6-2-4-8-20(18)22(24)14-16-27/h1-12H,13-16H2. The zero-order valence-electron chi connectivity index (χ0n) is 15.4. The van der Waals surface area contributed by atoms with E-state index in [0.717, 1.165) is 43.8 Å². The summed E-state index contributed by atoms with van der Waals surface area (Å²) >= 11 is 12.2. The number of fused-ring (bicyclic) bond motifs is 2. The van der Waals surface area contributed by atoms with Gasteiger partial charge in [0.05, 0.1) is 0 Å². The first-order valence-electron chi connectivity index (χ1n) is 9.42. The Hall–Kier alpha value is -2.35. The maximum atomic E-state index is 13.6. The van der Waals surface area contributed by atoms with E-state index in [2.05, 4.69) is 24.3 Å². The third-order valence-corrected chi connectivity index (χ3v) is 5.64. The molecule has 0 aliphatic rings. The smallest absolute Gasteiger partial charge is 0.193 e. The predicted molar refractivity (Wildman–Crippen MR) is 120 cm³/mol. The van der Waals surface area contributed by atoms with Crippen molar-refractivity contribution in [2.24, 2.45) is 0 Å². The Morgan fingerprint density at radius 1 is 0.607 bits per heavy atom. The first-order valence-corrected chi connectivity index (χ1v) is 10.5. The van der Waals surface area contributed by atoms with Crippen molar-refractivity contribution >= 4 is 50.5 Å². The number of rotatable bonds is 6. The zero-order chi connectivity index (χ0) is 19.5. The molecule has 0 amide bonds. The van der Waals surface area contributed by atoms with E-state index < -0.39 is 0 Å². The van der Waals surface area contributed by atoms with Crippen LogP contribution in [0.2, 0.25) is 0 Å². The Balaban J connectivity index is 1.93. The Labute approximate surface area is 174 Å². The van der Waals surface area contributed by atoms with E-state index >= 15 is 0 Å². The van der Waals surface area contributed by atoms with E-state index in [1.165, 1.54) is 0 Å². The minimum absolute atomic E-state index is 0.0386. The second kappa shape index (κ2) is 8.34.